The lowest BCUT2D eigenvalue weighted by Gasteiger charge is -2.10. The number of amides is 1. The van der Waals surface area contributed by atoms with Crippen molar-refractivity contribution in [1.29, 1.82) is 0 Å². The van der Waals surface area contributed by atoms with E-state index in [9.17, 15) is 13.2 Å². The number of sulfone groups is 1. The highest BCUT2D eigenvalue weighted by Gasteiger charge is 2.21. The average molecular weight is 409 g/mol. The Balaban J connectivity index is 1.62. The van der Waals surface area contributed by atoms with Gasteiger partial charge in [-0.2, -0.15) is 0 Å². The normalized spacial score (nSPS) is 13.6. The van der Waals surface area contributed by atoms with Crippen LogP contribution in [0.4, 0.5) is 5.69 Å². The van der Waals surface area contributed by atoms with E-state index in [-0.39, 0.29) is 17.4 Å². The lowest BCUT2D eigenvalue weighted by Crippen LogP contribution is -2.15. The number of nitrogens with one attached hydrogen (secondary N) is 1. The summed E-state index contributed by atoms with van der Waals surface area (Å²) in [6, 6.07) is 12.3. The van der Waals surface area contributed by atoms with E-state index >= 15 is 0 Å². The Kier molecular flexibility index (Phi) is 4.94. The number of fused-ring (bicyclic) bond motifs is 1. The molecule has 3 aromatic rings. The summed E-state index contributed by atoms with van der Waals surface area (Å²) in [4.78, 5) is 17.0. The van der Waals surface area contributed by atoms with Crippen LogP contribution in [0.1, 0.15) is 12.0 Å². The van der Waals surface area contributed by atoms with E-state index in [1.807, 2.05) is 35.0 Å². The number of anilines is 1. The van der Waals surface area contributed by atoms with Gasteiger partial charge in [0.05, 0.1) is 12.9 Å². The largest absolute Gasteiger partial charge is 0.491 e. The Bertz CT molecular complexity index is 1200. The summed E-state index contributed by atoms with van der Waals surface area (Å²) in [5.41, 5.74) is 2.61. The third-order valence-corrected chi connectivity index (χ3v) is 5.68. The number of benzene rings is 2. The van der Waals surface area contributed by atoms with Crippen LogP contribution in [0.5, 0.6) is 5.75 Å². The maximum Gasteiger partial charge on any atom is 0.251 e. The molecule has 1 amide bonds. The number of ether oxygens (including phenoxy) is 1. The molecule has 2 heterocycles. The van der Waals surface area contributed by atoms with Crippen molar-refractivity contribution in [1.82, 2.24) is 9.55 Å². The van der Waals surface area contributed by atoms with Gasteiger partial charge in [-0.1, -0.05) is 18.2 Å². The SMILES string of the molecule is CS(=O)(=O)c1cccc2c1OCCC(C(=O)Nc1cccc(-n3ccnc3)c1)=C2. The molecule has 7 nitrogen and oxygen atoms in total. The molecule has 0 saturated carbocycles. The standard InChI is InChI=1S/C21H19N3O4S/c1-29(26,27)19-7-2-4-15-12-16(8-11-28-20(15)19)21(25)23-17-5-3-6-18(13-17)24-10-9-22-14-24/h2-7,9-10,12-14H,8,11H2,1H3,(H,23,25). The van der Waals surface area contributed by atoms with E-state index < -0.39 is 9.84 Å². The molecule has 8 heteroatoms. The van der Waals surface area contributed by atoms with Crippen LogP contribution >= 0.6 is 0 Å². The number of nitrogens with zero attached hydrogens (tertiary/aromatic N) is 2. The zero-order valence-corrected chi connectivity index (χ0v) is 16.5. The first kappa shape index (κ1) is 18.9. The Morgan fingerprint density at radius 1 is 1.21 bits per heavy atom. The highest BCUT2D eigenvalue weighted by Crippen LogP contribution is 2.33. The molecule has 29 heavy (non-hydrogen) atoms. The highest BCUT2D eigenvalue weighted by molar-refractivity contribution is 7.90. The monoisotopic (exact) mass is 409 g/mol. The summed E-state index contributed by atoms with van der Waals surface area (Å²) in [6.07, 6.45) is 8.38. The molecule has 1 aromatic heterocycles. The Hall–Kier alpha value is -3.39. The van der Waals surface area contributed by atoms with Crippen LogP contribution in [0.25, 0.3) is 11.8 Å². The molecule has 0 unspecified atom stereocenters. The van der Waals surface area contributed by atoms with E-state index in [1.165, 1.54) is 6.07 Å². The number of aromatic nitrogens is 2. The van der Waals surface area contributed by atoms with Gasteiger partial charge in [0, 0.05) is 47.6 Å². The van der Waals surface area contributed by atoms with Crippen LogP contribution in [-0.2, 0) is 14.6 Å². The molecule has 0 radical (unpaired) electrons. The maximum absolute atomic E-state index is 12.8. The smallest absolute Gasteiger partial charge is 0.251 e. The highest BCUT2D eigenvalue weighted by atomic mass is 32.2. The summed E-state index contributed by atoms with van der Waals surface area (Å²) in [5.74, 6) is 0.0360. The van der Waals surface area contributed by atoms with E-state index in [0.717, 1.165) is 11.9 Å². The van der Waals surface area contributed by atoms with Gasteiger partial charge < -0.3 is 14.6 Å². The molecule has 4 rings (SSSR count). The number of rotatable bonds is 4. The number of para-hydroxylation sites is 1. The Morgan fingerprint density at radius 2 is 2.03 bits per heavy atom. The molecule has 0 atom stereocenters. The third kappa shape index (κ3) is 4.07. The Labute approximate surface area is 168 Å². The number of carbonyl (C=O) groups is 1. The van der Waals surface area contributed by atoms with Gasteiger partial charge in [0.15, 0.2) is 9.84 Å². The number of hydrogen-bond acceptors (Lipinski definition) is 5. The summed E-state index contributed by atoms with van der Waals surface area (Å²) < 4.78 is 31.6. The molecule has 0 bridgehead atoms. The quantitative estimate of drug-likeness (QED) is 0.715. The summed E-state index contributed by atoms with van der Waals surface area (Å²) >= 11 is 0. The van der Waals surface area contributed by atoms with E-state index in [2.05, 4.69) is 10.3 Å². The second-order valence-electron chi connectivity index (χ2n) is 6.69. The van der Waals surface area contributed by atoms with Gasteiger partial charge in [-0.15, -0.1) is 0 Å². The van der Waals surface area contributed by atoms with Crippen molar-refractivity contribution < 1.29 is 17.9 Å². The number of hydrogen-bond donors (Lipinski definition) is 1. The second-order valence-corrected chi connectivity index (χ2v) is 8.67. The van der Waals surface area contributed by atoms with Gasteiger partial charge in [-0.3, -0.25) is 4.79 Å². The van der Waals surface area contributed by atoms with Gasteiger partial charge in [0.25, 0.3) is 5.91 Å². The number of imidazole rings is 1. The second kappa shape index (κ2) is 7.56. The fourth-order valence-corrected chi connectivity index (χ4v) is 4.00. The van der Waals surface area contributed by atoms with E-state index in [0.29, 0.717) is 29.0 Å². The van der Waals surface area contributed by atoms with Crippen LogP contribution in [0, 0.1) is 0 Å². The lowest BCUT2D eigenvalue weighted by molar-refractivity contribution is -0.113. The molecule has 1 aliphatic heterocycles. The molecule has 0 fully saturated rings. The molecule has 0 saturated heterocycles. The lowest BCUT2D eigenvalue weighted by atomic mass is 10.1. The molecule has 148 valence electrons. The van der Waals surface area contributed by atoms with Crippen molar-refractivity contribution >= 4 is 27.5 Å². The average Bonchev–Trinajstić information content (AvgIpc) is 3.13. The zero-order chi connectivity index (χ0) is 20.4. The van der Waals surface area contributed by atoms with Crippen molar-refractivity contribution in [2.24, 2.45) is 0 Å². The first-order chi connectivity index (χ1) is 13.9. The van der Waals surface area contributed by atoms with Crippen molar-refractivity contribution in [3.63, 3.8) is 0 Å². The van der Waals surface area contributed by atoms with Crippen LogP contribution in [0.15, 0.2) is 71.7 Å². The molecule has 2 aromatic carbocycles. The van der Waals surface area contributed by atoms with Crippen LogP contribution in [0.3, 0.4) is 0 Å². The maximum atomic E-state index is 12.8. The summed E-state index contributed by atoms with van der Waals surface area (Å²) in [6.45, 7) is 0.216. The van der Waals surface area contributed by atoms with Crippen molar-refractivity contribution in [3.8, 4) is 11.4 Å². The van der Waals surface area contributed by atoms with Gasteiger partial charge in [-0.05, 0) is 30.3 Å². The van der Waals surface area contributed by atoms with Crippen LogP contribution < -0.4 is 10.1 Å². The first-order valence-corrected chi connectivity index (χ1v) is 10.9. The van der Waals surface area contributed by atoms with Gasteiger partial charge in [-0.25, -0.2) is 13.4 Å². The number of carbonyl (C=O) groups excluding carboxylic acids is 1. The Morgan fingerprint density at radius 3 is 2.79 bits per heavy atom. The van der Waals surface area contributed by atoms with E-state index in [1.54, 1.807) is 30.7 Å². The van der Waals surface area contributed by atoms with Crippen molar-refractivity contribution in [2.75, 3.05) is 18.2 Å². The molecule has 1 aliphatic rings. The minimum absolute atomic E-state index is 0.126. The van der Waals surface area contributed by atoms with Gasteiger partial charge in [0.1, 0.15) is 10.6 Å². The molecule has 1 N–H and O–H groups in total. The topological polar surface area (TPSA) is 90.3 Å². The van der Waals surface area contributed by atoms with Crippen LogP contribution in [0.2, 0.25) is 0 Å². The van der Waals surface area contributed by atoms with E-state index in [4.69, 9.17) is 4.74 Å². The van der Waals surface area contributed by atoms with Crippen molar-refractivity contribution in [2.45, 2.75) is 11.3 Å². The fraction of sp³-hybridized carbons (Fsp3) is 0.143. The summed E-state index contributed by atoms with van der Waals surface area (Å²) in [7, 11) is -3.44. The van der Waals surface area contributed by atoms with Gasteiger partial charge >= 0.3 is 0 Å². The fourth-order valence-electron chi connectivity index (χ4n) is 3.16. The minimum atomic E-state index is -3.44. The summed E-state index contributed by atoms with van der Waals surface area (Å²) in [5, 5.41) is 2.90. The third-order valence-electron chi connectivity index (χ3n) is 4.55. The molecule has 0 spiro atoms. The predicted octanol–water partition coefficient (Wildman–Crippen LogP) is 3.08. The van der Waals surface area contributed by atoms with Crippen LogP contribution in [-0.4, -0.2) is 36.7 Å². The predicted molar refractivity (Wildman–Crippen MR) is 110 cm³/mol. The molecular formula is C21H19N3O4S. The van der Waals surface area contributed by atoms with Gasteiger partial charge in [0.2, 0.25) is 0 Å². The minimum Gasteiger partial charge on any atom is -0.491 e. The zero-order valence-electron chi connectivity index (χ0n) is 15.7. The molecular weight excluding hydrogens is 390 g/mol. The van der Waals surface area contributed by atoms with Crippen molar-refractivity contribution in [3.05, 3.63) is 72.3 Å². The molecule has 0 aliphatic carbocycles. The first-order valence-electron chi connectivity index (χ1n) is 8.98.